The normalized spacial score (nSPS) is 12.5. The molecule has 0 radical (unpaired) electrons. The summed E-state index contributed by atoms with van der Waals surface area (Å²) in [6, 6.07) is 20.9. The highest BCUT2D eigenvalue weighted by molar-refractivity contribution is 6.22. The highest BCUT2D eigenvalue weighted by Gasteiger charge is 2.35. The SMILES string of the molecule is CCN(CC)C(=O)c1cccc(NC(=O)c2ccc3c(c2)C(=O)N(CCc2ccccc2)C3=O)c1. The topological polar surface area (TPSA) is 86.8 Å². The molecule has 1 aliphatic heterocycles. The summed E-state index contributed by atoms with van der Waals surface area (Å²) < 4.78 is 0. The van der Waals surface area contributed by atoms with E-state index in [2.05, 4.69) is 5.32 Å². The molecule has 7 nitrogen and oxygen atoms in total. The Kier molecular flexibility index (Phi) is 7.06. The third-order valence-corrected chi connectivity index (χ3v) is 6.12. The number of nitrogens with one attached hydrogen (secondary N) is 1. The van der Waals surface area contributed by atoms with Crippen LogP contribution in [0, 0.1) is 0 Å². The molecule has 0 aromatic heterocycles. The Morgan fingerprint density at radius 2 is 1.51 bits per heavy atom. The molecule has 0 bridgehead atoms. The number of benzene rings is 3. The van der Waals surface area contributed by atoms with E-state index in [4.69, 9.17) is 0 Å². The quantitative estimate of drug-likeness (QED) is 0.500. The summed E-state index contributed by atoms with van der Waals surface area (Å²) in [4.78, 5) is 54.2. The van der Waals surface area contributed by atoms with Crippen LogP contribution in [-0.2, 0) is 6.42 Å². The molecule has 0 spiro atoms. The van der Waals surface area contributed by atoms with Gasteiger partial charge in [0.15, 0.2) is 0 Å². The maximum atomic E-state index is 12.9. The van der Waals surface area contributed by atoms with E-state index >= 15 is 0 Å². The van der Waals surface area contributed by atoms with Crippen LogP contribution in [0.5, 0.6) is 0 Å². The van der Waals surface area contributed by atoms with E-state index in [0.717, 1.165) is 5.56 Å². The molecule has 1 aliphatic rings. The van der Waals surface area contributed by atoms with Crippen molar-refractivity contribution in [1.29, 1.82) is 0 Å². The predicted molar refractivity (Wildman–Crippen MR) is 134 cm³/mol. The van der Waals surface area contributed by atoms with E-state index < -0.39 is 11.8 Å². The van der Waals surface area contributed by atoms with Crippen LogP contribution in [0.1, 0.15) is 60.8 Å². The number of rotatable bonds is 8. The summed E-state index contributed by atoms with van der Waals surface area (Å²) in [6.07, 6.45) is 0.558. The largest absolute Gasteiger partial charge is 0.339 e. The minimum Gasteiger partial charge on any atom is -0.339 e. The number of hydrogen-bond donors (Lipinski definition) is 1. The van der Waals surface area contributed by atoms with Gasteiger partial charge in [-0.1, -0.05) is 36.4 Å². The third-order valence-electron chi connectivity index (χ3n) is 6.12. The van der Waals surface area contributed by atoms with Gasteiger partial charge < -0.3 is 10.2 Å². The van der Waals surface area contributed by atoms with Crippen molar-refractivity contribution in [2.75, 3.05) is 25.0 Å². The Hall–Kier alpha value is -4.26. The Labute approximate surface area is 204 Å². The van der Waals surface area contributed by atoms with Crippen LogP contribution in [0.15, 0.2) is 72.8 Å². The summed E-state index contributed by atoms with van der Waals surface area (Å²) in [5.41, 5.74) is 2.77. The first kappa shape index (κ1) is 23.9. The van der Waals surface area contributed by atoms with Gasteiger partial charge in [0, 0.05) is 36.4 Å². The third kappa shape index (κ3) is 4.99. The highest BCUT2D eigenvalue weighted by Crippen LogP contribution is 2.25. The van der Waals surface area contributed by atoms with Crippen molar-refractivity contribution in [2.45, 2.75) is 20.3 Å². The Morgan fingerprint density at radius 3 is 2.23 bits per heavy atom. The molecule has 0 saturated carbocycles. The van der Waals surface area contributed by atoms with Crippen LogP contribution in [0.25, 0.3) is 0 Å². The zero-order chi connectivity index (χ0) is 24.9. The standard InChI is InChI=1S/C28H27N3O4/c1-3-30(4-2)26(33)21-11-8-12-22(17-21)29-25(32)20-13-14-23-24(18-20)28(35)31(27(23)34)16-15-19-9-6-5-7-10-19/h5-14,17-18H,3-4,15-16H2,1-2H3,(H,29,32). The highest BCUT2D eigenvalue weighted by atomic mass is 16.2. The van der Waals surface area contributed by atoms with E-state index in [1.54, 1.807) is 29.2 Å². The summed E-state index contributed by atoms with van der Waals surface area (Å²) in [7, 11) is 0. The van der Waals surface area contributed by atoms with Crippen molar-refractivity contribution >= 4 is 29.3 Å². The monoisotopic (exact) mass is 469 g/mol. The first-order valence-electron chi connectivity index (χ1n) is 11.7. The molecular weight excluding hydrogens is 442 g/mol. The summed E-state index contributed by atoms with van der Waals surface area (Å²) in [5.74, 6) is -1.29. The molecular formula is C28H27N3O4. The number of carbonyl (C=O) groups excluding carboxylic acids is 4. The number of imide groups is 1. The van der Waals surface area contributed by atoms with Crippen LogP contribution in [-0.4, -0.2) is 53.1 Å². The fourth-order valence-electron chi connectivity index (χ4n) is 4.15. The minimum atomic E-state index is -0.428. The lowest BCUT2D eigenvalue weighted by Crippen LogP contribution is -2.31. The number of amides is 4. The molecule has 4 rings (SSSR count). The van der Waals surface area contributed by atoms with Gasteiger partial charge >= 0.3 is 0 Å². The van der Waals surface area contributed by atoms with Gasteiger partial charge in [0.05, 0.1) is 11.1 Å². The molecule has 35 heavy (non-hydrogen) atoms. The first-order valence-corrected chi connectivity index (χ1v) is 11.7. The second kappa shape index (κ2) is 10.3. The molecule has 0 unspecified atom stereocenters. The Balaban J connectivity index is 1.48. The van der Waals surface area contributed by atoms with E-state index in [1.165, 1.54) is 23.1 Å². The van der Waals surface area contributed by atoms with Gasteiger partial charge in [-0.3, -0.25) is 24.1 Å². The van der Waals surface area contributed by atoms with Crippen LogP contribution in [0.2, 0.25) is 0 Å². The second-order valence-corrected chi connectivity index (χ2v) is 8.27. The van der Waals surface area contributed by atoms with Crippen molar-refractivity contribution < 1.29 is 19.2 Å². The molecule has 3 aromatic rings. The second-order valence-electron chi connectivity index (χ2n) is 8.27. The van der Waals surface area contributed by atoms with E-state index in [-0.39, 0.29) is 29.5 Å². The van der Waals surface area contributed by atoms with Gasteiger partial charge in [-0.15, -0.1) is 0 Å². The fourth-order valence-corrected chi connectivity index (χ4v) is 4.15. The maximum absolute atomic E-state index is 12.9. The summed E-state index contributed by atoms with van der Waals surface area (Å²) in [6.45, 7) is 5.28. The number of hydrogen-bond acceptors (Lipinski definition) is 4. The zero-order valence-electron chi connectivity index (χ0n) is 19.8. The molecule has 1 heterocycles. The van der Waals surface area contributed by atoms with Crippen molar-refractivity contribution in [3.63, 3.8) is 0 Å². The Morgan fingerprint density at radius 1 is 0.800 bits per heavy atom. The molecule has 1 N–H and O–H groups in total. The summed E-state index contributed by atoms with van der Waals surface area (Å²) in [5, 5.41) is 2.78. The molecule has 0 atom stereocenters. The molecule has 0 aliphatic carbocycles. The van der Waals surface area contributed by atoms with Gasteiger partial charge in [-0.05, 0) is 62.2 Å². The van der Waals surface area contributed by atoms with E-state index in [1.807, 2.05) is 44.2 Å². The lowest BCUT2D eigenvalue weighted by atomic mass is 10.1. The van der Waals surface area contributed by atoms with Gasteiger partial charge in [0.2, 0.25) is 0 Å². The lowest BCUT2D eigenvalue weighted by molar-refractivity contribution is 0.0655. The number of carbonyl (C=O) groups is 4. The zero-order valence-corrected chi connectivity index (χ0v) is 19.8. The number of nitrogens with zero attached hydrogens (tertiary/aromatic N) is 2. The molecule has 0 saturated heterocycles. The predicted octanol–water partition coefficient (Wildman–Crippen LogP) is 4.26. The van der Waals surface area contributed by atoms with Crippen molar-refractivity contribution in [2.24, 2.45) is 0 Å². The number of fused-ring (bicyclic) bond motifs is 1. The molecule has 7 heteroatoms. The van der Waals surface area contributed by atoms with Crippen LogP contribution < -0.4 is 5.32 Å². The Bertz CT molecular complexity index is 1280. The molecule has 178 valence electrons. The minimum absolute atomic E-state index is 0.108. The fraction of sp³-hybridized carbons (Fsp3) is 0.214. The van der Waals surface area contributed by atoms with Crippen LogP contribution in [0.3, 0.4) is 0 Å². The van der Waals surface area contributed by atoms with E-state index in [9.17, 15) is 19.2 Å². The van der Waals surface area contributed by atoms with Crippen LogP contribution in [0.4, 0.5) is 5.69 Å². The molecule has 3 aromatic carbocycles. The molecule has 4 amide bonds. The van der Waals surface area contributed by atoms with Gasteiger partial charge in [0.1, 0.15) is 0 Å². The number of anilines is 1. The average molecular weight is 470 g/mol. The maximum Gasteiger partial charge on any atom is 0.261 e. The average Bonchev–Trinajstić information content (AvgIpc) is 3.12. The van der Waals surface area contributed by atoms with Crippen molar-refractivity contribution in [1.82, 2.24) is 9.80 Å². The van der Waals surface area contributed by atoms with Crippen molar-refractivity contribution in [3.05, 3.63) is 101 Å². The first-order chi connectivity index (χ1) is 16.9. The summed E-state index contributed by atoms with van der Waals surface area (Å²) >= 11 is 0. The van der Waals surface area contributed by atoms with Crippen LogP contribution >= 0.6 is 0 Å². The van der Waals surface area contributed by atoms with Crippen molar-refractivity contribution in [3.8, 4) is 0 Å². The molecule has 0 fully saturated rings. The van der Waals surface area contributed by atoms with Gasteiger partial charge in [0.25, 0.3) is 23.6 Å². The van der Waals surface area contributed by atoms with E-state index in [0.29, 0.717) is 36.3 Å². The van der Waals surface area contributed by atoms with Gasteiger partial charge in [-0.2, -0.15) is 0 Å². The van der Waals surface area contributed by atoms with Gasteiger partial charge in [-0.25, -0.2) is 0 Å². The smallest absolute Gasteiger partial charge is 0.261 e. The lowest BCUT2D eigenvalue weighted by Gasteiger charge is -2.19.